The lowest BCUT2D eigenvalue weighted by molar-refractivity contribution is -0.112. The van der Waals surface area contributed by atoms with Crippen molar-refractivity contribution in [3.05, 3.63) is 34.9 Å². The molecule has 0 aliphatic carbocycles. The van der Waals surface area contributed by atoms with Gasteiger partial charge in [-0.2, -0.15) is 5.10 Å². The summed E-state index contributed by atoms with van der Waals surface area (Å²) < 4.78 is 0. The number of β-amino-alcohol motifs (C(OH)–C–C–N with tert-alkyl or cyclic N) is 1. The number of benzene rings is 1. The van der Waals surface area contributed by atoms with E-state index in [1.165, 1.54) is 5.01 Å². The molecule has 1 saturated heterocycles. The molecule has 0 unspecified atom stereocenters. The van der Waals surface area contributed by atoms with Crippen LogP contribution in [-0.2, 0) is 0 Å². The van der Waals surface area contributed by atoms with E-state index in [1.54, 1.807) is 11.1 Å². The first-order chi connectivity index (χ1) is 10.4. The fourth-order valence-electron chi connectivity index (χ4n) is 2.82. The van der Waals surface area contributed by atoms with Crippen LogP contribution in [0.25, 0.3) is 0 Å². The van der Waals surface area contributed by atoms with Crippen LogP contribution in [0.5, 0.6) is 0 Å². The third kappa shape index (κ3) is 2.59. The Morgan fingerprint density at radius 3 is 2.59 bits per heavy atom. The number of aliphatic hydroxyl groups is 1. The summed E-state index contributed by atoms with van der Waals surface area (Å²) in [4.78, 5) is 14.2. The predicted octanol–water partition coefficient (Wildman–Crippen LogP) is 2.90. The first-order valence-corrected chi connectivity index (χ1v) is 7.87. The van der Waals surface area contributed by atoms with Crippen molar-refractivity contribution >= 4 is 23.8 Å². The average Bonchev–Trinajstić information content (AvgIpc) is 2.93. The van der Waals surface area contributed by atoms with E-state index in [4.69, 9.17) is 11.6 Å². The van der Waals surface area contributed by atoms with Gasteiger partial charge in [0.2, 0.25) is 0 Å². The van der Waals surface area contributed by atoms with Gasteiger partial charge in [-0.1, -0.05) is 37.6 Å². The van der Waals surface area contributed by atoms with E-state index in [9.17, 15) is 9.90 Å². The van der Waals surface area contributed by atoms with Crippen LogP contribution in [0.15, 0.2) is 29.4 Å². The number of carbonyl (C=O) groups excluding carboxylic acids is 1. The Kier molecular flexibility index (Phi) is 3.87. The lowest BCUT2D eigenvalue weighted by Crippen LogP contribution is -2.67. The molecule has 0 radical (unpaired) electrons. The van der Waals surface area contributed by atoms with Crippen molar-refractivity contribution in [3.8, 4) is 0 Å². The molecule has 3 rings (SSSR count). The van der Waals surface area contributed by atoms with Crippen molar-refractivity contribution in [2.45, 2.75) is 31.9 Å². The van der Waals surface area contributed by atoms with Crippen LogP contribution in [0.1, 0.15) is 31.9 Å². The molecular formula is C16H20ClN3O2. The number of halogens is 1. The quantitative estimate of drug-likeness (QED) is 0.910. The van der Waals surface area contributed by atoms with Crippen LogP contribution in [0, 0.1) is 5.92 Å². The van der Waals surface area contributed by atoms with Crippen LogP contribution in [-0.4, -0.2) is 46.0 Å². The summed E-state index contributed by atoms with van der Waals surface area (Å²) in [7, 11) is 0. The third-order valence-electron chi connectivity index (χ3n) is 4.56. The van der Waals surface area contributed by atoms with Crippen molar-refractivity contribution in [1.29, 1.82) is 0 Å². The number of urea groups is 1. The lowest BCUT2D eigenvalue weighted by Gasteiger charge is -2.49. The number of rotatable bonds is 2. The fraction of sp³-hybridized carbons (Fsp3) is 0.500. The molecular weight excluding hydrogens is 302 g/mol. The first-order valence-electron chi connectivity index (χ1n) is 7.49. The van der Waals surface area contributed by atoms with Crippen LogP contribution in [0.3, 0.4) is 0 Å². The second-order valence-corrected chi connectivity index (χ2v) is 6.78. The largest absolute Gasteiger partial charge is 0.386 e. The zero-order valence-electron chi connectivity index (χ0n) is 12.7. The van der Waals surface area contributed by atoms with Crippen LogP contribution < -0.4 is 0 Å². The van der Waals surface area contributed by atoms with E-state index in [-0.39, 0.29) is 18.0 Å². The number of nitrogens with zero attached hydrogens (tertiary/aromatic N) is 3. The number of amides is 2. The SMILES string of the molecule is CC(C)C1(O)CN(C(=O)N2N=CC[C@H]2c2ccc(Cl)cc2)C1. The molecule has 0 aromatic heterocycles. The number of hydrogen-bond donors (Lipinski definition) is 1. The lowest BCUT2D eigenvalue weighted by atomic mass is 9.83. The molecule has 118 valence electrons. The molecule has 2 aliphatic heterocycles. The highest BCUT2D eigenvalue weighted by atomic mass is 35.5. The Morgan fingerprint density at radius 2 is 2.00 bits per heavy atom. The number of hydrazone groups is 1. The third-order valence-corrected chi connectivity index (χ3v) is 4.81. The van der Waals surface area contributed by atoms with Gasteiger partial charge in [-0.3, -0.25) is 0 Å². The van der Waals surface area contributed by atoms with Gasteiger partial charge in [0.25, 0.3) is 0 Å². The van der Waals surface area contributed by atoms with Gasteiger partial charge in [-0.05, 0) is 23.6 Å². The molecule has 0 bridgehead atoms. The fourth-order valence-corrected chi connectivity index (χ4v) is 2.95. The minimum atomic E-state index is -0.769. The van der Waals surface area contributed by atoms with Gasteiger partial charge in [0.15, 0.2) is 0 Å². The van der Waals surface area contributed by atoms with E-state index < -0.39 is 5.60 Å². The molecule has 1 fully saturated rings. The van der Waals surface area contributed by atoms with Crippen molar-refractivity contribution in [2.24, 2.45) is 11.0 Å². The smallest absolute Gasteiger partial charge is 0.341 e. The number of carbonyl (C=O) groups is 1. The molecule has 1 aromatic carbocycles. The van der Waals surface area contributed by atoms with E-state index >= 15 is 0 Å². The van der Waals surface area contributed by atoms with E-state index in [1.807, 2.05) is 38.1 Å². The van der Waals surface area contributed by atoms with Crippen molar-refractivity contribution in [1.82, 2.24) is 9.91 Å². The van der Waals surface area contributed by atoms with Gasteiger partial charge in [-0.15, -0.1) is 0 Å². The maximum Gasteiger partial charge on any atom is 0.341 e. The molecule has 1 aromatic rings. The monoisotopic (exact) mass is 321 g/mol. The minimum absolute atomic E-state index is 0.0995. The normalized spacial score (nSPS) is 23.0. The highest BCUT2D eigenvalue weighted by Crippen LogP contribution is 2.34. The Balaban J connectivity index is 1.70. The molecule has 2 amide bonds. The number of hydrogen-bond acceptors (Lipinski definition) is 3. The second-order valence-electron chi connectivity index (χ2n) is 6.34. The van der Waals surface area contributed by atoms with Crippen molar-refractivity contribution < 1.29 is 9.90 Å². The van der Waals surface area contributed by atoms with Gasteiger partial charge in [0.05, 0.1) is 19.1 Å². The van der Waals surface area contributed by atoms with Gasteiger partial charge < -0.3 is 10.0 Å². The second kappa shape index (κ2) is 5.56. The Bertz CT molecular complexity index is 594. The van der Waals surface area contributed by atoms with Gasteiger partial charge in [0, 0.05) is 17.7 Å². The Morgan fingerprint density at radius 1 is 1.36 bits per heavy atom. The highest BCUT2D eigenvalue weighted by Gasteiger charge is 2.48. The maximum absolute atomic E-state index is 12.6. The predicted molar refractivity (Wildman–Crippen MR) is 85.9 cm³/mol. The van der Waals surface area contributed by atoms with Crippen LogP contribution >= 0.6 is 11.6 Å². The van der Waals surface area contributed by atoms with Crippen molar-refractivity contribution in [3.63, 3.8) is 0 Å². The molecule has 1 N–H and O–H groups in total. The topological polar surface area (TPSA) is 56.1 Å². The van der Waals surface area contributed by atoms with Gasteiger partial charge >= 0.3 is 6.03 Å². The van der Waals surface area contributed by atoms with E-state index in [0.717, 1.165) is 5.56 Å². The van der Waals surface area contributed by atoms with Crippen molar-refractivity contribution in [2.75, 3.05) is 13.1 Å². The Labute approximate surface area is 135 Å². The molecule has 6 heteroatoms. The molecule has 2 heterocycles. The van der Waals surface area contributed by atoms with E-state index in [2.05, 4.69) is 5.10 Å². The molecule has 0 spiro atoms. The first kappa shape index (κ1) is 15.3. The average molecular weight is 322 g/mol. The number of likely N-dealkylation sites (tertiary alicyclic amines) is 1. The molecule has 22 heavy (non-hydrogen) atoms. The summed E-state index contributed by atoms with van der Waals surface area (Å²) in [6, 6.07) is 7.22. The molecule has 2 aliphatic rings. The summed E-state index contributed by atoms with van der Waals surface area (Å²) in [5.41, 5.74) is 0.240. The summed E-state index contributed by atoms with van der Waals surface area (Å²) in [6.45, 7) is 4.66. The van der Waals surface area contributed by atoms with Gasteiger partial charge in [-0.25, -0.2) is 9.80 Å². The maximum atomic E-state index is 12.6. The molecule has 5 nitrogen and oxygen atoms in total. The highest BCUT2D eigenvalue weighted by molar-refractivity contribution is 6.30. The summed E-state index contributed by atoms with van der Waals surface area (Å²) in [6.07, 6.45) is 2.45. The summed E-state index contributed by atoms with van der Waals surface area (Å²) >= 11 is 5.91. The zero-order valence-corrected chi connectivity index (χ0v) is 13.5. The van der Waals surface area contributed by atoms with Crippen LogP contribution in [0.4, 0.5) is 4.79 Å². The summed E-state index contributed by atoms with van der Waals surface area (Å²) in [5.74, 6) is 0.130. The molecule has 1 atom stereocenters. The summed E-state index contributed by atoms with van der Waals surface area (Å²) in [5, 5.41) is 16.7. The standard InChI is InChI=1S/C16H20ClN3O2/c1-11(2)16(22)9-19(10-16)15(21)20-14(7-8-18-20)12-3-5-13(17)6-4-12/h3-6,8,11,14,22H,7,9-10H2,1-2H3/t14-/m0/s1. The zero-order chi connectivity index (χ0) is 15.9. The van der Waals surface area contributed by atoms with E-state index in [0.29, 0.717) is 24.5 Å². The van der Waals surface area contributed by atoms with Crippen LogP contribution in [0.2, 0.25) is 5.02 Å². The Hall–Kier alpha value is -1.59. The van der Waals surface area contributed by atoms with Gasteiger partial charge in [0.1, 0.15) is 5.60 Å². The molecule has 0 saturated carbocycles. The minimum Gasteiger partial charge on any atom is -0.386 e.